The molecule has 3 aromatic carbocycles. The van der Waals surface area contributed by atoms with E-state index in [1.165, 1.54) is 0 Å². The minimum atomic E-state index is 0.0884. The number of amides is 1. The zero-order chi connectivity index (χ0) is 25.5. The van der Waals surface area contributed by atoms with E-state index in [-0.39, 0.29) is 5.91 Å². The molecule has 37 heavy (non-hydrogen) atoms. The van der Waals surface area contributed by atoms with Gasteiger partial charge in [0.05, 0.1) is 12.2 Å². The van der Waals surface area contributed by atoms with E-state index in [4.69, 9.17) is 21.3 Å². The van der Waals surface area contributed by atoms with Gasteiger partial charge >= 0.3 is 0 Å². The Bertz CT molecular complexity index is 1310. The van der Waals surface area contributed by atoms with Gasteiger partial charge in [-0.05, 0) is 35.9 Å². The monoisotopic (exact) mass is 532 g/mol. The van der Waals surface area contributed by atoms with Gasteiger partial charge in [-0.2, -0.15) is 0 Å². The summed E-state index contributed by atoms with van der Waals surface area (Å²) in [6, 6.07) is 25.5. The van der Waals surface area contributed by atoms with Crippen LogP contribution in [0.25, 0.3) is 11.3 Å². The van der Waals surface area contributed by atoms with Crippen LogP contribution < -0.4 is 15.0 Å². The first-order chi connectivity index (χ1) is 18.2. The Morgan fingerprint density at radius 2 is 1.73 bits per heavy atom. The van der Waals surface area contributed by atoms with E-state index in [2.05, 4.69) is 10.2 Å². The van der Waals surface area contributed by atoms with Crippen LogP contribution in [-0.2, 0) is 6.54 Å². The highest BCUT2D eigenvalue weighted by molar-refractivity contribution is 7.14. The van der Waals surface area contributed by atoms with E-state index in [0.717, 1.165) is 59.4 Å². The van der Waals surface area contributed by atoms with Gasteiger partial charge in [0.1, 0.15) is 12.4 Å². The molecule has 1 N–H and O–H groups in total. The third-order valence-electron chi connectivity index (χ3n) is 6.26. The summed E-state index contributed by atoms with van der Waals surface area (Å²) in [5.74, 6) is 0.930. The maximum absolute atomic E-state index is 12.8. The average Bonchev–Trinajstić information content (AvgIpc) is 3.44. The Labute approximate surface area is 226 Å². The quantitative estimate of drug-likeness (QED) is 0.304. The fourth-order valence-electron chi connectivity index (χ4n) is 4.26. The van der Waals surface area contributed by atoms with Crippen molar-refractivity contribution in [2.45, 2.75) is 6.54 Å². The van der Waals surface area contributed by atoms with Gasteiger partial charge in [0.25, 0.3) is 5.91 Å². The minimum absolute atomic E-state index is 0.0884. The van der Waals surface area contributed by atoms with Crippen LogP contribution in [-0.4, -0.2) is 55.1 Å². The first-order valence-corrected chi connectivity index (χ1v) is 13.7. The summed E-state index contributed by atoms with van der Waals surface area (Å²) in [6.45, 7) is 5.00. The smallest absolute Gasteiger partial charge is 0.253 e. The van der Waals surface area contributed by atoms with Gasteiger partial charge in [-0.25, -0.2) is 4.98 Å². The molecule has 0 saturated carbocycles. The molecular weight excluding hydrogens is 504 g/mol. The summed E-state index contributed by atoms with van der Waals surface area (Å²) < 4.78 is 5.98. The second kappa shape index (κ2) is 12.2. The fraction of sp³-hybridized carbons (Fsp3) is 0.241. The number of piperazine rings is 1. The Morgan fingerprint density at radius 3 is 2.49 bits per heavy atom. The highest BCUT2D eigenvalue weighted by Gasteiger charge is 2.19. The lowest BCUT2D eigenvalue weighted by Gasteiger charge is -2.27. The number of benzene rings is 3. The number of carbonyl (C=O) groups is 1. The Balaban J connectivity index is 1.31. The van der Waals surface area contributed by atoms with Gasteiger partial charge in [-0.1, -0.05) is 60.1 Å². The van der Waals surface area contributed by atoms with Crippen LogP contribution in [0.3, 0.4) is 0 Å². The number of aromatic nitrogens is 1. The van der Waals surface area contributed by atoms with Crippen molar-refractivity contribution in [2.75, 3.05) is 44.2 Å². The molecule has 0 aliphatic carbocycles. The number of para-hydroxylation sites is 1. The number of halogens is 1. The van der Waals surface area contributed by atoms with Crippen LogP contribution in [0.4, 0.5) is 5.13 Å². The first kappa shape index (κ1) is 25.3. The Kier molecular flexibility index (Phi) is 8.35. The zero-order valence-electron chi connectivity index (χ0n) is 20.5. The van der Waals surface area contributed by atoms with E-state index in [1.807, 2.05) is 89.1 Å². The van der Waals surface area contributed by atoms with Gasteiger partial charge in [0.2, 0.25) is 0 Å². The lowest BCUT2D eigenvalue weighted by atomic mass is 10.1. The number of nitrogens with one attached hydrogen (secondary N) is 1. The molecule has 0 atom stereocenters. The number of thiazole rings is 1. The summed E-state index contributed by atoms with van der Waals surface area (Å²) >= 11 is 8.01. The molecule has 0 radical (unpaired) electrons. The summed E-state index contributed by atoms with van der Waals surface area (Å²) in [4.78, 5) is 21.9. The standard InChI is InChI=1S/C29H29ClN4O2S/c30-26-9-5-4-8-25(26)27-21-37-29(32-27)34(18-19-36-24-6-2-1-3-7-24)20-22-10-12-23(13-11-22)28(35)33-16-14-31-15-17-33/h1-13,21,31H,14-20H2. The van der Waals surface area contributed by atoms with E-state index in [0.29, 0.717) is 24.7 Å². The summed E-state index contributed by atoms with van der Waals surface area (Å²) in [5.41, 5.74) is 3.60. The largest absolute Gasteiger partial charge is 0.492 e. The third kappa shape index (κ3) is 6.49. The van der Waals surface area contributed by atoms with Crippen molar-refractivity contribution in [1.29, 1.82) is 0 Å². The van der Waals surface area contributed by atoms with Gasteiger partial charge in [0.15, 0.2) is 5.13 Å². The SMILES string of the molecule is O=C(c1ccc(CN(CCOc2ccccc2)c2nc(-c3ccccc3Cl)cs2)cc1)N1CCNCC1. The van der Waals surface area contributed by atoms with Crippen LogP contribution in [0.15, 0.2) is 84.2 Å². The molecular formula is C29H29ClN4O2S. The molecule has 2 heterocycles. The molecule has 6 nitrogen and oxygen atoms in total. The van der Waals surface area contributed by atoms with Gasteiger partial charge in [0, 0.05) is 54.3 Å². The van der Waals surface area contributed by atoms with Crippen LogP contribution in [0.5, 0.6) is 5.75 Å². The second-order valence-electron chi connectivity index (χ2n) is 8.82. The van der Waals surface area contributed by atoms with Crippen molar-refractivity contribution in [3.8, 4) is 17.0 Å². The number of rotatable bonds is 9. The van der Waals surface area contributed by atoms with Crippen LogP contribution in [0, 0.1) is 0 Å². The summed E-state index contributed by atoms with van der Waals surface area (Å²) in [6.07, 6.45) is 0. The van der Waals surface area contributed by atoms with Crippen LogP contribution >= 0.6 is 22.9 Å². The number of hydrogen-bond donors (Lipinski definition) is 1. The molecule has 1 aromatic heterocycles. The predicted octanol–water partition coefficient (Wildman–Crippen LogP) is 5.59. The number of carbonyl (C=O) groups excluding carboxylic acids is 1. The topological polar surface area (TPSA) is 57.7 Å². The first-order valence-electron chi connectivity index (χ1n) is 12.4. The highest BCUT2D eigenvalue weighted by atomic mass is 35.5. The molecule has 5 rings (SSSR count). The average molecular weight is 533 g/mol. The molecule has 0 unspecified atom stereocenters. The summed E-state index contributed by atoms with van der Waals surface area (Å²) in [7, 11) is 0. The molecule has 1 saturated heterocycles. The lowest BCUT2D eigenvalue weighted by Crippen LogP contribution is -2.46. The molecule has 4 aromatic rings. The molecule has 8 heteroatoms. The normalized spacial score (nSPS) is 13.4. The van der Waals surface area contributed by atoms with E-state index in [1.54, 1.807) is 11.3 Å². The highest BCUT2D eigenvalue weighted by Crippen LogP contribution is 2.32. The zero-order valence-corrected chi connectivity index (χ0v) is 22.0. The molecule has 190 valence electrons. The Morgan fingerprint density at radius 1 is 1.00 bits per heavy atom. The fourth-order valence-corrected chi connectivity index (χ4v) is 5.34. The Hall–Kier alpha value is -3.39. The van der Waals surface area contributed by atoms with Crippen molar-refractivity contribution in [3.05, 3.63) is 100 Å². The number of ether oxygens (including phenoxy) is 1. The van der Waals surface area contributed by atoms with Crippen molar-refractivity contribution < 1.29 is 9.53 Å². The van der Waals surface area contributed by atoms with Gasteiger partial charge < -0.3 is 19.9 Å². The minimum Gasteiger partial charge on any atom is -0.492 e. The number of nitrogens with zero attached hydrogens (tertiary/aromatic N) is 3. The summed E-state index contributed by atoms with van der Waals surface area (Å²) in [5, 5.41) is 6.91. The molecule has 1 amide bonds. The molecule has 0 bridgehead atoms. The van der Waals surface area contributed by atoms with Crippen molar-refractivity contribution >= 4 is 34.0 Å². The number of anilines is 1. The third-order valence-corrected chi connectivity index (χ3v) is 7.50. The molecule has 1 aliphatic rings. The van der Waals surface area contributed by atoms with E-state index < -0.39 is 0 Å². The molecule has 1 aliphatic heterocycles. The lowest BCUT2D eigenvalue weighted by molar-refractivity contribution is 0.0736. The van der Waals surface area contributed by atoms with Crippen LogP contribution in [0.1, 0.15) is 15.9 Å². The van der Waals surface area contributed by atoms with Crippen LogP contribution in [0.2, 0.25) is 5.02 Å². The molecule has 1 fully saturated rings. The number of hydrogen-bond acceptors (Lipinski definition) is 6. The van der Waals surface area contributed by atoms with Crippen molar-refractivity contribution in [3.63, 3.8) is 0 Å². The van der Waals surface area contributed by atoms with Gasteiger partial charge in [-0.3, -0.25) is 4.79 Å². The maximum Gasteiger partial charge on any atom is 0.253 e. The molecule has 0 spiro atoms. The van der Waals surface area contributed by atoms with Crippen molar-refractivity contribution in [2.24, 2.45) is 0 Å². The van der Waals surface area contributed by atoms with E-state index >= 15 is 0 Å². The van der Waals surface area contributed by atoms with E-state index in [9.17, 15) is 4.79 Å². The van der Waals surface area contributed by atoms with Gasteiger partial charge in [-0.15, -0.1) is 11.3 Å². The second-order valence-corrected chi connectivity index (χ2v) is 10.1. The predicted molar refractivity (Wildman–Crippen MR) is 151 cm³/mol. The van der Waals surface area contributed by atoms with Crippen molar-refractivity contribution in [1.82, 2.24) is 15.2 Å². The maximum atomic E-state index is 12.8.